The van der Waals surface area contributed by atoms with Crippen molar-refractivity contribution in [1.82, 2.24) is 0 Å². The second-order valence-corrected chi connectivity index (χ2v) is 9.41. The Morgan fingerprint density at radius 2 is 1.68 bits per heavy atom. The van der Waals surface area contributed by atoms with Crippen molar-refractivity contribution in [3.05, 3.63) is 86.2 Å². The van der Waals surface area contributed by atoms with E-state index in [1.54, 1.807) is 54.6 Å². The summed E-state index contributed by atoms with van der Waals surface area (Å²) in [6.07, 6.45) is 1.65. The number of imide groups is 1. The summed E-state index contributed by atoms with van der Waals surface area (Å²) in [6, 6.07) is 17.8. The molecule has 0 saturated carbocycles. The lowest BCUT2D eigenvalue weighted by atomic mass is 10.1. The van der Waals surface area contributed by atoms with E-state index in [9.17, 15) is 9.59 Å². The van der Waals surface area contributed by atoms with Gasteiger partial charge in [-0.1, -0.05) is 51.8 Å². The summed E-state index contributed by atoms with van der Waals surface area (Å²) >= 11 is 10.3. The van der Waals surface area contributed by atoms with Gasteiger partial charge in [-0.2, -0.15) is 0 Å². The van der Waals surface area contributed by atoms with Gasteiger partial charge < -0.3 is 14.2 Å². The molecule has 0 N–H and O–H groups in total. The molecular formula is C25H19BrClNO5S. The number of methoxy groups -OCH3 is 2. The number of thioether (sulfide) groups is 1. The Morgan fingerprint density at radius 3 is 2.38 bits per heavy atom. The number of carbonyl (C=O) groups excluding carboxylic acids is 2. The molecule has 0 aliphatic carbocycles. The van der Waals surface area contributed by atoms with Gasteiger partial charge in [0.1, 0.15) is 12.4 Å². The van der Waals surface area contributed by atoms with Crippen molar-refractivity contribution in [3.63, 3.8) is 0 Å². The Kier molecular flexibility index (Phi) is 7.50. The minimum Gasteiger partial charge on any atom is -0.495 e. The van der Waals surface area contributed by atoms with Crippen LogP contribution in [0.3, 0.4) is 0 Å². The Hall–Kier alpha value is -2.94. The van der Waals surface area contributed by atoms with Crippen LogP contribution in [0.25, 0.3) is 6.08 Å². The van der Waals surface area contributed by atoms with Gasteiger partial charge in [-0.15, -0.1) is 0 Å². The minimum atomic E-state index is -0.423. The van der Waals surface area contributed by atoms with Crippen LogP contribution in [0.5, 0.6) is 17.2 Å². The lowest BCUT2D eigenvalue weighted by Crippen LogP contribution is -2.28. The summed E-state index contributed by atoms with van der Waals surface area (Å²) < 4.78 is 17.4. The van der Waals surface area contributed by atoms with E-state index in [0.29, 0.717) is 44.6 Å². The fourth-order valence-electron chi connectivity index (χ4n) is 3.31. The van der Waals surface area contributed by atoms with Crippen molar-refractivity contribution >= 4 is 62.2 Å². The zero-order chi connectivity index (χ0) is 24.2. The van der Waals surface area contributed by atoms with Crippen molar-refractivity contribution in [2.45, 2.75) is 6.61 Å². The predicted molar refractivity (Wildman–Crippen MR) is 138 cm³/mol. The number of hydrogen-bond acceptors (Lipinski definition) is 6. The molecule has 0 spiro atoms. The zero-order valence-corrected chi connectivity index (χ0v) is 21.4. The molecule has 0 bridgehead atoms. The number of para-hydroxylation sites is 2. The van der Waals surface area contributed by atoms with Crippen molar-refractivity contribution in [1.29, 1.82) is 0 Å². The monoisotopic (exact) mass is 559 g/mol. The van der Waals surface area contributed by atoms with E-state index < -0.39 is 11.1 Å². The van der Waals surface area contributed by atoms with Crippen molar-refractivity contribution in [3.8, 4) is 17.2 Å². The predicted octanol–water partition coefficient (Wildman–Crippen LogP) is 6.94. The number of amides is 2. The third-order valence-corrected chi connectivity index (χ3v) is 6.81. The summed E-state index contributed by atoms with van der Waals surface area (Å²) in [7, 11) is 3.03. The Bertz CT molecular complexity index is 1280. The number of ether oxygens (including phenoxy) is 3. The highest BCUT2D eigenvalue weighted by atomic mass is 79.9. The molecule has 1 fully saturated rings. The van der Waals surface area contributed by atoms with Crippen molar-refractivity contribution < 1.29 is 23.8 Å². The maximum atomic E-state index is 13.1. The normalized spacial score (nSPS) is 14.6. The average molecular weight is 561 g/mol. The molecule has 2 amide bonds. The van der Waals surface area contributed by atoms with Crippen molar-refractivity contribution in [2.24, 2.45) is 0 Å². The first-order chi connectivity index (χ1) is 16.4. The second kappa shape index (κ2) is 10.5. The molecule has 1 aliphatic rings. The van der Waals surface area contributed by atoms with Crippen LogP contribution in [0, 0.1) is 0 Å². The van der Waals surface area contributed by atoms with Crippen LogP contribution >= 0.6 is 39.3 Å². The fourth-order valence-corrected chi connectivity index (χ4v) is 4.69. The molecule has 0 atom stereocenters. The summed E-state index contributed by atoms with van der Waals surface area (Å²) in [5, 5.41) is 0.260. The number of nitrogens with zero attached hydrogens (tertiary/aromatic N) is 1. The molecule has 174 valence electrons. The molecule has 0 radical (unpaired) electrons. The van der Waals surface area contributed by atoms with Gasteiger partial charge >= 0.3 is 0 Å². The summed E-state index contributed by atoms with van der Waals surface area (Å²) in [4.78, 5) is 27.1. The van der Waals surface area contributed by atoms with Crippen LogP contribution < -0.4 is 19.1 Å². The van der Waals surface area contributed by atoms with Gasteiger partial charge in [-0.3, -0.25) is 9.59 Å². The topological polar surface area (TPSA) is 65.1 Å². The summed E-state index contributed by atoms with van der Waals surface area (Å²) in [6.45, 7) is 0.330. The van der Waals surface area contributed by atoms with Crippen molar-refractivity contribution in [2.75, 3.05) is 19.1 Å². The van der Waals surface area contributed by atoms with E-state index >= 15 is 0 Å². The van der Waals surface area contributed by atoms with E-state index in [-0.39, 0.29) is 4.91 Å². The number of anilines is 1. The quantitative estimate of drug-likeness (QED) is 0.292. The molecule has 6 nitrogen and oxygen atoms in total. The van der Waals surface area contributed by atoms with E-state index in [4.69, 9.17) is 25.8 Å². The SMILES string of the molecule is COc1cc(/C=C2\SC(=O)N(c3ccccc3OC)C2=O)c(Br)cc1OCc1ccc(Cl)cc1. The first-order valence-corrected chi connectivity index (χ1v) is 12.1. The van der Waals surface area contributed by atoms with Crippen LogP contribution in [0.2, 0.25) is 5.02 Å². The molecule has 3 aromatic rings. The van der Waals surface area contributed by atoms with Crippen LogP contribution in [-0.2, 0) is 11.4 Å². The lowest BCUT2D eigenvalue weighted by molar-refractivity contribution is -0.113. The molecular weight excluding hydrogens is 542 g/mol. The largest absolute Gasteiger partial charge is 0.495 e. The molecule has 1 aliphatic heterocycles. The van der Waals surface area contributed by atoms with Gasteiger partial charge in [0.2, 0.25) is 0 Å². The van der Waals surface area contributed by atoms with Gasteiger partial charge in [0.05, 0.1) is 24.8 Å². The van der Waals surface area contributed by atoms with Gasteiger partial charge in [0.15, 0.2) is 11.5 Å². The highest BCUT2D eigenvalue weighted by Crippen LogP contribution is 2.41. The highest BCUT2D eigenvalue weighted by Gasteiger charge is 2.37. The van der Waals surface area contributed by atoms with Gasteiger partial charge in [0, 0.05) is 9.50 Å². The lowest BCUT2D eigenvalue weighted by Gasteiger charge is -2.15. The molecule has 0 aromatic heterocycles. The first kappa shape index (κ1) is 24.2. The molecule has 1 heterocycles. The fraction of sp³-hybridized carbons (Fsp3) is 0.120. The minimum absolute atomic E-state index is 0.286. The maximum Gasteiger partial charge on any atom is 0.298 e. The average Bonchev–Trinajstić information content (AvgIpc) is 3.12. The summed E-state index contributed by atoms with van der Waals surface area (Å²) in [5.74, 6) is 1.04. The number of hydrogen-bond donors (Lipinski definition) is 0. The van der Waals surface area contributed by atoms with E-state index in [2.05, 4.69) is 15.9 Å². The molecule has 9 heteroatoms. The second-order valence-electron chi connectivity index (χ2n) is 7.13. The third kappa shape index (κ3) is 5.09. The smallest absolute Gasteiger partial charge is 0.298 e. The van der Waals surface area contributed by atoms with Gasteiger partial charge in [-0.25, -0.2) is 4.90 Å². The Labute approximate surface area is 214 Å². The number of rotatable bonds is 7. The third-order valence-electron chi connectivity index (χ3n) is 5.00. The van der Waals surface area contributed by atoms with Crippen LogP contribution in [0.1, 0.15) is 11.1 Å². The Balaban J connectivity index is 1.59. The standard InChI is InChI=1S/C25H19BrClNO5S/c1-31-20-6-4-3-5-19(20)28-24(29)23(34-25(28)30)12-16-11-21(32-2)22(13-18(16)26)33-14-15-7-9-17(27)10-8-15/h3-13H,14H2,1-2H3/b23-12-. The zero-order valence-electron chi connectivity index (χ0n) is 18.2. The van der Waals surface area contributed by atoms with Crippen LogP contribution in [0.15, 0.2) is 70.0 Å². The van der Waals surface area contributed by atoms with E-state index in [1.807, 2.05) is 12.1 Å². The summed E-state index contributed by atoms with van der Waals surface area (Å²) in [5.41, 5.74) is 2.02. The molecule has 0 unspecified atom stereocenters. The highest BCUT2D eigenvalue weighted by molar-refractivity contribution is 9.10. The van der Waals surface area contributed by atoms with Crippen LogP contribution in [-0.4, -0.2) is 25.4 Å². The Morgan fingerprint density at radius 1 is 0.971 bits per heavy atom. The first-order valence-electron chi connectivity index (χ1n) is 10.1. The molecule has 4 rings (SSSR count). The van der Waals surface area contributed by atoms with Gasteiger partial charge in [0.25, 0.3) is 11.1 Å². The maximum absolute atomic E-state index is 13.1. The molecule has 3 aromatic carbocycles. The number of carbonyl (C=O) groups is 2. The molecule has 34 heavy (non-hydrogen) atoms. The van der Waals surface area contributed by atoms with E-state index in [0.717, 1.165) is 22.2 Å². The number of benzene rings is 3. The van der Waals surface area contributed by atoms with E-state index in [1.165, 1.54) is 14.2 Å². The van der Waals surface area contributed by atoms with Gasteiger partial charge in [-0.05, 0) is 65.4 Å². The molecule has 1 saturated heterocycles. The number of halogens is 2. The van der Waals surface area contributed by atoms with Crippen LogP contribution in [0.4, 0.5) is 10.5 Å².